The van der Waals surface area contributed by atoms with Crippen molar-refractivity contribution in [2.24, 2.45) is 0 Å². The first kappa shape index (κ1) is 22.8. The average Bonchev–Trinajstić information content (AvgIpc) is 3.06. The first-order valence-electron chi connectivity index (χ1n) is 9.71. The molecule has 5 nitrogen and oxygen atoms in total. The molecule has 2 aromatic heterocycles. The molecular formula is C22H24Cl3N5. The molecule has 0 N–H and O–H groups in total. The molecule has 1 aliphatic carbocycles. The molecule has 1 unspecified atom stereocenters. The summed E-state index contributed by atoms with van der Waals surface area (Å²) < 4.78 is 2.26. The van der Waals surface area contributed by atoms with Crippen molar-refractivity contribution < 1.29 is 0 Å². The molecule has 0 saturated heterocycles. The monoisotopic (exact) mass is 463 g/mol. The topological polar surface area (TPSA) is 46.8 Å². The van der Waals surface area contributed by atoms with Crippen LogP contribution in [-0.2, 0) is 13.1 Å². The van der Waals surface area contributed by atoms with Crippen LogP contribution in [0.3, 0.4) is 0 Å². The lowest BCUT2D eigenvalue weighted by Gasteiger charge is -2.22. The Morgan fingerprint density at radius 1 is 1.07 bits per heavy atom. The van der Waals surface area contributed by atoms with E-state index in [1.165, 1.54) is 11.1 Å². The summed E-state index contributed by atoms with van der Waals surface area (Å²) in [6.07, 6.45) is 7.21. The first-order valence-corrected chi connectivity index (χ1v) is 10.1. The van der Waals surface area contributed by atoms with Gasteiger partial charge < -0.3 is 0 Å². The molecule has 2 aliphatic rings. The number of hydrogen-bond donors (Lipinski definition) is 0. The Labute approximate surface area is 194 Å². The second-order valence-electron chi connectivity index (χ2n) is 7.67. The summed E-state index contributed by atoms with van der Waals surface area (Å²) in [6.45, 7) is 1.63. The average molecular weight is 465 g/mol. The summed E-state index contributed by atoms with van der Waals surface area (Å²) in [5.41, 5.74) is 4.79. The van der Waals surface area contributed by atoms with E-state index in [0.717, 1.165) is 60.4 Å². The molecule has 3 heterocycles. The van der Waals surface area contributed by atoms with Crippen LogP contribution in [0.1, 0.15) is 48.1 Å². The summed E-state index contributed by atoms with van der Waals surface area (Å²) >= 11 is 6.27. The van der Waals surface area contributed by atoms with Gasteiger partial charge in [0.05, 0.1) is 17.9 Å². The van der Waals surface area contributed by atoms with Gasteiger partial charge in [-0.3, -0.25) is 14.5 Å². The molecular weight excluding hydrogens is 441 g/mol. The van der Waals surface area contributed by atoms with Crippen LogP contribution in [0.4, 0.5) is 0 Å². The van der Waals surface area contributed by atoms with Crippen molar-refractivity contribution in [3.05, 3.63) is 76.6 Å². The second kappa shape index (κ2) is 9.48. The number of aromatic nitrogens is 4. The molecule has 0 fully saturated rings. The van der Waals surface area contributed by atoms with Crippen molar-refractivity contribution in [1.82, 2.24) is 24.6 Å². The zero-order valence-electron chi connectivity index (χ0n) is 16.7. The summed E-state index contributed by atoms with van der Waals surface area (Å²) in [5, 5.41) is 9.94. The third-order valence-corrected chi connectivity index (χ3v) is 5.89. The van der Waals surface area contributed by atoms with Crippen LogP contribution in [-0.4, -0.2) is 31.7 Å². The van der Waals surface area contributed by atoms with Gasteiger partial charge in [-0.1, -0.05) is 23.7 Å². The van der Waals surface area contributed by atoms with Crippen molar-refractivity contribution in [2.45, 2.75) is 38.3 Å². The maximum atomic E-state index is 6.27. The van der Waals surface area contributed by atoms with Crippen molar-refractivity contribution >= 4 is 42.0 Å². The Hall–Kier alpha value is -1.92. The molecule has 1 aromatic carbocycles. The van der Waals surface area contributed by atoms with Crippen LogP contribution < -0.4 is 0 Å². The summed E-state index contributed by atoms with van der Waals surface area (Å²) in [7, 11) is 2.11. The highest BCUT2D eigenvalue weighted by Gasteiger charge is 2.28. The van der Waals surface area contributed by atoms with E-state index in [4.69, 9.17) is 11.6 Å². The largest absolute Gasteiger partial charge is 0.295 e. The number of benzene rings is 1. The number of nitrogens with zero attached hydrogens (tertiary/aromatic N) is 5. The molecule has 1 aliphatic heterocycles. The van der Waals surface area contributed by atoms with Gasteiger partial charge in [-0.25, -0.2) is 0 Å². The number of halogens is 3. The summed E-state index contributed by atoms with van der Waals surface area (Å²) in [6, 6.07) is 12.2. The van der Waals surface area contributed by atoms with Gasteiger partial charge in [0, 0.05) is 23.7 Å². The SMILES string of the molecule is CN1Cc2cc(Cl)ccc2-n2c(nnc2C2CC=C(c3ccccn3)CC2)C1.Cl.Cl. The molecule has 0 amide bonds. The molecule has 0 bridgehead atoms. The summed E-state index contributed by atoms with van der Waals surface area (Å²) in [4.78, 5) is 6.76. The predicted octanol–water partition coefficient (Wildman–Crippen LogP) is 5.46. The number of hydrogen-bond acceptors (Lipinski definition) is 4. The highest BCUT2D eigenvalue weighted by Crippen LogP contribution is 2.37. The molecule has 5 rings (SSSR count). The van der Waals surface area contributed by atoms with E-state index in [1.54, 1.807) is 0 Å². The highest BCUT2D eigenvalue weighted by atomic mass is 35.5. The molecule has 0 spiro atoms. The summed E-state index contributed by atoms with van der Waals surface area (Å²) in [5.74, 6) is 2.42. The number of fused-ring (bicyclic) bond motifs is 3. The predicted molar refractivity (Wildman–Crippen MR) is 125 cm³/mol. The number of rotatable bonds is 2. The van der Waals surface area contributed by atoms with Crippen molar-refractivity contribution in [3.63, 3.8) is 0 Å². The van der Waals surface area contributed by atoms with E-state index < -0.39 is 0 Å². The van der Waals surface area contributed by atoms with Gasteiger partial charge in [-0.2, -0.15) is 0 Å². The Bertz CT molecular complexity index is 1050. The maximum Gasteiger partial charge on any atom is 0.151 e. The van der Waals surface area contributed by atoms with Gasteiger partial charge in [-0.15, -0.1) is 35.0 Å². The van der Waals surface area contributed by atoms with Crippen molar-refractivity contribution in [2.75, 3.05) is 7.05 Å². The van der Waals surface area contributed by atoms with Gasteiger partial charge in [0.15, 0.2) is 5.82 Å². The minimum absolute atomic E-state index is 0. The Morgan fingerprint density at radius 2 is 1.93 bits per heavy atom. The molecule has 158 valence electrons. The van der Waals surface area contributed by atoms with Gasteiger partial charge in [0.1, 0.15) is 5.82 Å². The molecule has 3 aromatic rings. The van der Waals surface area contributed by atoms with Crippen LogP contribution >= 0.6 is 36.4 Å². The van der Waals surface area contributed by atoms with E-state index >= 15 is 0 Å². The van der Waals surface area contributed by atoms with E-state index in [1.807, 2.05) is 24.4 Å². The Morgan fingerprint density at radius 3 is 2.67 bits per heavy atom. The van der Waals surface area contributed by atoms with E-state index in [-0.39, 0.29) is 24.8 Å². The van der Waals surface area contributed by atoms with Gasteiger partial charge in [-0.05, 0) is 67.8 Å². The minimum Gasteiger partial charge on any atom is -0.295 e. The standard InChI is InChI=1S/C22H22ClN5.2ClH/c1-27-13-17-12-18(23)9-10-20(17)28-21(14-27)25-26-22(28)16-7-5-15(6-8-16)19-4-2-3-11-24-19;;/h2-5,9-12,16H,6-8,13-14H2,1H3;2*1H. The lowest BCUT2D eigenvalue weighted by Crippen LogP contribution is -2.16. The fraction of sp³-hybridized carbons (Fsp3) is 0.318. The van der Waals surface area contributed by atoms with Gasteiger partial charge >= 0.3 is 0 Å². The quantitative estimate of drug-likeness (QED) is 0.505. The van der Waals surface area contributed by atoms with Crippen LogP contribution in [0.5, 0.6) is 0 Å². The number of pyridine rings is 1. The second-order valence-corrected chi connectivity index (χ2v) is 8.11. The van der Waals surface area contributed by atoms with Crippen LogP contribution in [0.25, 0.3) is 11.3 Å². The van der Waals surface area contributed by atoms with E-state index in [0.29, 0.717) is 5.92 Å². The van der Waals surface area contributed by atoms with E-state index in [2.05, 4.69) is 56.0 Å². The Kier molecular flexibility index (Phi) is 7.19. The molecule has 30 heavy (non-hydrogen) atoms. The van der Waals surface area contributed by atoms with Gasteiger partial charge in [0.2, 0.25) is 0 Å². The zero-order valence-corrected chi connectivity index (χ0v) is 19.1. The zero-order chi connectivity index (χ0) is 19.1. The van der Waals surface area contributed by atoms with E-state index in [9.17, 15) is 0 Å². The normalized spacial score (nSPS) is 18.2. The first-order chi connectivity index (χ1) is 13.7. The fourth-order valence-electron chi connectivity index (χ4n) is 4.30. The lowest BCUT2D eigenvalue weighted by atomic mass is 9.87. The highest BCUT2D eigenvalue weighted by molar-refractivity contribution is 6.30. The number of allylic oxidation sites excluding steroid dienone is 2. The van der Waals surface area contributed by atoms with Crippen LogP contribution in [0.2, 0.25) is 5.02 Å². The molecule has 8 heteroatoms. The van der Waals surface area contributed by atoms with Crippen molar-refractivity contribution in [3.8, 4) is 5.69 Å². The lowest BCUT2D eigenvalue weighted by molar-refractivity contribution is 0.315. The maximum absolute atomic E-state index is 6.27. The smallest absolute Gasteiger partial charge is 0.151 e. The third-order valence-electron chi connectivity index (χ3n) is 5.66. The Balaban J connectivity index is 0.00000128. The van der Waals surface area contributed by atoms with Crippen LogP contribution in [0.15, 0.2) is 48.7 Å². The molecule has 0 radical (unpaired) electrons. The van der Waals surface area contributed by atoms with Crippen molar-refractivity contribution in [1.29, 1.82) is 0 Å². The van der Waals surface area contributed by atoms with Gasteiger partial charge in [0.25, 0.3) is 0 Å². The fourth-order valence-corrected chi connectivity index (χ4v) is 4.50. The molecule has 0 saturated carbocycles. The molecule has 1 atom stereocenters. The minimum atomic E-state index is 0. The van der Waals surface area contributed by atoms with Crippen LogP contribution in [0, 0.1) is 0 Å². The third kappa shape index (κ3) is 4.26.